The van der Waals surface area contributed by atoms with Crippen molar-refractivity contribution in [1.82, 2.24) is 14.8 Å². The summed E-state index contributed by atoms with van der Waals surface area (Å²) in [5, 5.41) is 18.6. The molecule has 94 valence electrons. The van der Waals surface area contributed by atoms with Crippen LogP contribution in [-0.2, 0) is 10.8 Å². The van der Waals surface area contributed by atoms with Crippen LogP contribution in [0.1, 0.15) is 0 Å². The summed E-state index contributed by atoms with van der Waals surface area (Å²) in [5.41, 5.74) is 0.0219. The molecule has 0 unspecified atom stereocenters. The van der Waals surface area contributed by atoms with E-state index in [-0.39, 0.29) is 21.6 Å². The van der Waals surface area contributed by atoms with Gasteiger partial charge in [0.25, 0.3) is 5.69 Å². The molecule has 0 fully saturated rings. The van der Waals surface area contributed by atoms with E-state index in [0.29, 0.717) is 0 Å². The van der Waals surface area contributed by atoms with Gasteiger partial charge < -0.3 is 0 Å². The average Bonchev–Trinajstić information content (AvgIpc) is 2.77. The molecule has 2 rings (SSSR count). The van der Waals surface area contributed by atoms with Crippen molar-refractivity contribution in [3.63, 3.8) is 0 Å². The van der Waals surface area contributed by atoms with Crippen LogP contribution in [0.15, 0.2) is 29.7 Å². The first-order chi connectivity index (χ1) is 8.50. The molecule has 7 nitrogen and oxygen atoms in total. The third kappa shape index (κ3) is 2.24. The molecule has 2 aromatic rings. The van der Waals surface area contributed by atoms with Crippen LogP contribution < -0.4 is 0 Å². The summed E-state index contributed by atoms with van der Waals surface area (Å²) in [5.74, 6) is 0. The molecule has 0 saturated heterocycles. The molecule has 1 heterocycles. The van der Waals surface area contributed by atoms with Crippen molar-refractivity contribution in [2.45, 2.75) is 5.16 Å². The van der Waals surface area contributed by atoms with Crippen LogP contribution in [0, 0.1) is 10.1 Å². The predicted molar refractivity (Wildman–Crippen MR) is 65.4 cm³/mol. The van der Waals surface area contributed by atoms with Gasteiger partial charge in [0.1, 0.15) is 12.0 Å². The van der Waals surface area contributed by atoms with Crippen molar-refractivity contribution in [2.75, 3.05) is 6.26 Å². The standard InChI is InChI=1S/C9H7ClN4O3S/c1-18(17)9-12-11-5-13(9)7-3-2-6(10)4-8(7)14(15)16/h2-5H,1H3/t18-/m0/s1. The molecule has 0 aliphatic heterocycles. The van der Waals surface area contributed by atoms with Gasteiger partial charge in [-0.05, 0) is 12.1 Å². The van der Waals surface area contributed by atoms with Gasteiger partial charge in [-0.3, -0.25) is 18.9 Å². The Bertz CT molecular complexity index is 642. The Morgan fingerprint density at radius 2 is 2.22 bits per heavy atom. The second kappa shape index (κ2) is 4.83. The van der Waals surface area contributed by atoms with Gasteiger partial charge in [0.15, 0.2) is 0 Å². The Morgan fingerprint density at radius 1 is 1.50 bits per heavy atom. The third-order valence-electron chi connectivity index (χ3n) is 2.17. The zero-order valence-electron chi connectivity index (χ0n) is 9.11. The van der Waals surface area contributed by atoms with Gasteiger partial charge >= 0.3 is 0 Å². The second-order valence-electron chi connectivity index (χ2n) is 3.33. The molecule has 0 bridgehead atoms. The van der Waals surface area contributed by atoms with Gasteiger partial charge in [0.05, 0.1) is 15.7 Å². The molecule has 0 saturated carbocycles. The monoisotopic (exact) mass is 286 g/mol. The SMILES string of the molecule is C[S@](=O)c1nncn1-c1ccc(Cl)cc1[N+](=O)[O-]. The largest absolute Gasteiger partial charge is 0.294 e. The van der Waals surface area contributed by atoms with Gasteiger partial charge in [0.2, 0.25) is 5.16 Å². The maximum absolute atomic E-state index is 11.4. The highest BCUT2D eigenvalue weighted by atomic mass is 35.5. The number of halogens is 1. The number of rotatable bonds is 3. The summed E-state index contributed by atoms with van der Waals surface area (Å²) in [4.78, 5) is 10.4. The van der Waals surface area contributed by atoms with E-state index in [1.54, 1.807) is 0 Å². The van der Waals surface area contributed by atoms with Gasteiger partial charge in [-0.1, -0.05) is 11.6 Å². The number of hydrogen-bond donors (Lipinski definition) is 0. The fourth-order valence-electron chi connectivity index (χ4n) is 1.43. The Balaban J connectivity index is 2.67. The fraction of sp³-hybridized carbons (Fsp3) is 0.111. The van der Waals surface area contributed by atoms with Crippen LogP contribution in [0.5, 0.6) is 0 Å². The Morgan fingerprint density at radius 3 is 2.83 bits per heavy atom. The van der Waals surface area contributed by atoms with Gasteiger partial charge in [-0.25, -0.2) is 0 Å². The molecule has 18 heavy (non-hydrogen) atoms. The maximum atomic E-state index is 11.4. The van der Waals surface area contributed by atoms with Crippen LogP contribution in [0.3, 0.4) is 0 Å². The third-order valence-corrected chi connectivity index (χ3v) is 3.19. The number of nitro benzene ring substituents is 1. The van der Waals surface area contributed by atoms with E-state index in [1.807, 2.05) is 0 Å². The first-order valence-corrected chi connectivity index (χ1v) is 6.62. The van der Waals surface area contributed by atoms with Crippen LogP contribution in [0.2, 0.25) is 5.02 Å². The molecule has 1 atom stereocenters. The fourth-order valence-corrected chi connectivity index (χ4v) is 2.18. The summed E-state index contributed by atoms with van der Waals surface area (Å²) in [6.07, 6.45) is 2.69. The van der Waals surface area contributed by atoms with Crippen molar-refractivity contribution in [3.05, 3.63) is 39.7 Å². The van der Waals surface area contributed by atoms with E-state index in [2.05, 4.69) is 10.2 Å². The maximum Gasteiger partial charge on any atom is 0.294 e. The number of nitro groups is 1. The lowest BCUT2D eigenvalue weighted by atomic mass is 10.2. The Hall–Kier alpha value is -1.80. The molecular formula is C9H7ClN4O3S. The molecule has 0 amide bonds. The highest BCUT2D eigenvalue weighted by molar-refractivity contribution is 7.84. The molecule has 0 aliphatic rings. The minimum Gasteiger partial charge on any atom is -0.268 e. The molecule has 1 aromatic carbocycles. The summed E-state index contributed by atoms with van der Waals surface area (Å²) in [6, 6.07) is 4.19. The number of aromatic nitrogens is 3. The lowest BCUT2D eigenvalue weighted by Gasteiger charge is -2.05. The second-order valence-corrected chi connectivity index (χ2v) is 5.04. The Kier molecular flexibility index (Phi) is 3.39. The number of hydrogen-bond acceptors (Lipinski definition) is 5. The van der Waals surface area contributed by atoms with E-state index in [0.717, 1.165) is 0 Å². The van der Waals surface area contributed by atoms with Crippen LogP contribution >= 0.6 is 11.6 Å². The number of benzene rings is 1. The minimum absolute atomic E-state index is 0.139. The van der Waals surface area contributed by atoms with Crippen molar-refractivity contribution in [2.24, 2.45) is 0 Å². The van der Waals surface area contributed by atoms with Crippen LogP contribution in [-0.4, -0.2) is 30.2 Å². The predicted octanol–water partition coefficient (Wildman–Crippen LogP) is 1.57. The zero-order chi connectivity index (χ0) is 13.3. The van der Waals surface area contributed by atoms with Crippen molar-refractivity contribution < 1.29 is 9.13 Å². The lowest BCUT2D eigenvalue weighted by Crippen LogP contribution is -2.04. The Labute approximate surface area is 109 Å². The van der Waals surface area contributed by atoms with Gasteiger partial charge in [-0.2, -0.15) is 0 Å². The van der Waals surface area contributed by atoms with Gasteiger partial charge in [0, 0.05) is 17.3 Å². The van der Waals surface area contributed by atoms with Crippen molar-refractivity contribution in [3.8, 4) is 5.69 Å². The first kappa shape index (κ1) is 12.7. The molecule has 0 spiro atoms. The molecule has 0 N–H and O–H groups in total. The number of nitrogens with zero attached hydrogens (tertiary/aromatic N) is 4. The topological polar surface area (TPSA) is 90.9 Å². The molecule has 0 aliphatic carbocycles. The smallest absolute Gasteiger partial charge is 0.268 e. The molecular weight excluding hydrogens is 280 g/mol. The van der Waals surface area contributed by atoms with E-state index in [9.17, 15) is 14.3 Å². The summed E-state index contributed by atoms with van der Waals surface area (Å²) in [7, 11) is -1.40. The highest BCUT2D eigenvalue weighted by Gasteiger charge is 2.19. The molecule has 9 heteroatoms. The summed E-state index contributed by atoms with van der Waals surface area (Å²) in [6.45, 7) is 0. The average molecular weight is 287 g/mol. The zero-order valence-corrected chi connectivity index (χ0v) is 10.7. The molecule has 1 aromatic heterocycles. The lowest BCUT2D eigenvalue weighted by molar-refractivity contribution is -0.384. The highest BCUT2D eigenvalue weighted by Crippen LogP contribution is 2.27. The van der Waals surface area contributed by atoms with Gasteiger partial charge in [-0.15, -0.1) is 10.2 Å². The van der Waals surface area contributed by atoms with E-state index in [4.69, 9.17) is 11.6 Å². The van der Waals surface area contributed by atoms with E-state index < -0.39 is 15.7 Å². The normalized spacial score (nSPS) is 12.3. The van der Waals surface area contributed by atoms with Crippen molar-refractivity contribution >= 4 is 28.1 Å². The minimum atomic E-state index is -1.40. The van der Waals surface area contributed by atoms with Crippen LogP contribution in [0.4, 0.5) is 5.69 Å². The summed E-state index contributed by atoms with van der Waals surface area (Å²) >= 11 is 5.72. The quantitative estimate of drug-likeness (QED) is 0.631. The van der Waals surface area contributed by atoms with E-state index in [1.165, 1.54) is 35.3 Å². The first-order valence-electron chi connectivity index (χ1n) is 4.68. The summed E-state index contributed by atoms with van der Waals surface area (Å²) < 4.78 is 12.8. The van der Waals surface area contributed by atoms with Crippen molar-refractivity contribution in [1.29, 1.82) is 0 Å². The van der Waals surface area contributed by atoms with E-state index >= 15 is 0 Å². The molecule has 0 radical (unpaired) electrons. The van der Waals surface area contributed by atoms with Crippen LogP contribution in [0.25, 0.3) is 5.69 Å².